The summed E-state index contributed by atoms with van der Waals surface area (Å²) in [6.45, 7) is 1.86. The van der Waals surface area contributed by atoms with Crippen molar-refractivity contribution in [1.82, 2.24) is 0 Å². The van der Waals surface area contributed by atoms with Crippen molar-refractivity contribution >= 4 is 18.4 Å². The Balaban J connectivity index is 0. The van der Waals surface area contributed by atoms with Crippen LogP contribution in [0.2, 0.25) is 0 Å². The SMILES string of the molecule is CCC(=O)[B]c1ccccc1.O.O. The van der Waals surface area contributed by atoms with E-state index < -0.39 is 0 Å². The lowest BCUT2D eigenvalue weighted by molar-refractivity contribution is -0.111. The summed E-state index contributed by atoms with van der Waals surface area (Å²) < 4.78 is 0. The summed E-state index contributed by atoms with van der Waals surface area (Å²) >= 11 is 0. The lowest BCUT2D eigenvalue weighted by Crippen LogP contribution is -2.22. The Morgan fingerprint density at radius 2 is 1.77 bits per heavy atom. The third kappa shape index (κ3) is 5.17. The van der Waals surface area contributed by atoms with Crippen LogP contribution < -0.4 is 5.46 Å². The molecule has 71 valence electrons. The first-order chi connectivity index (χ1) is 5.33. The normalized spacial score (nSPS) is 7.77. The van der Waals surface area contributed by atoms with Crippen molar-refractivity contribution in [1.29, 1.82) is 0 Å². The average Bonchev–Trinajstić information content (AvgIpc) is 2.06. The number of hydrogen-bond acceptors (Lipinski definition) is 1. The fourth-order valence-electron chi connectivity index (χ4n) is 0.837. The zero-order valence-corrected chi connectivity index (χ0v) is 7.58. The zero-order chi connectivity index (χ0) is 8.10. The molecule has 1 rings (SSSR count). The van der Waals surface area contributed by atoms with E-state index in [9.17, 15) is 4.79 Å². The highest BCUT2D eigenvalue weighted by atomic mass is 16.1. The van der Waals surface area contributed by atoms with E-state index in [0.29, 0.717) is 6.42 Å². The van der Waals surface area contributed by atoms with Gasteiger partial charge in [-0.25, -0.2) is 0 Å². The second-order valence-electron chi connectivity index (χ2n) is 2.37. The van der Waals surface area contributed by atoms with Crippen LogP contribution in [0.5, 0.6) is 0 Å². The number of carbonyl (C=O) groups excluding carboxylic acids is 1. The third-order valence-electron chi connectivity index (χ3n) is 1.48. The van der Waals surface area contributed by atoms with E-state index >= 15 is 0 Å². The molecule has 0 spiro atoms. The summed E-state index contributed by atoms with van der Waals surface area (Å²) in [6, 6.07) is 9.64. The summed E-state index contributed by atoms with van der Waals surface area (Å²) in [4.78, 5) is 10.9. The van der Waals surface area contributed by atoms with Gasteiger partial charge in [0.25, 0.3) is 0 Å². The van der Waals surface area contributed by atoms with Gasteiger partial charge in [0.05, 0.1) is 5.68 Å². The van der Waals surface area contributed by atoms with Crippen LogP contribution in [0.15, 0.2) is 30.3 Å². The summed E-state index contributed by atoms with van der Waals surface area (Å²) in [5.74, 6) is 0. The van der Waals surface area contributed by atoms with Crippen LogP contribution in [0, 0.1) is 0 Å². The molecule has 1 aromatic rings. The van der Waals surface area contributed by atoms with Crippen LogP contribution in [0.1, 0.15) is 13.3 Å². The van der Waals surface area contributed by atoms with Crippen LogP contribution in [0.25, 0.3) is 0 Å². The number of hydrogen-bond donors (Lipinski definition) is 0. The molecule has 1 radical (unpaired) electrons. The molecule has 4 N–H and O–H groups in total. The maximum atomic E-state index is 10.9. The van der Waals surface area contributed by atoms with Crippen molar-refractivity contribution in [2.24, 2.45) is 0 Å². The first-order valence-electron chi connectivity index (χ1n) is 3.75. The molecule has 13 heavy (non-hydrogen) atoms. The second kappa shape index (κ2) is 7.52. The second-order valence-corrected chi connectivity index (χ2v) is 2.37. The van der Waals surface area contributed by atoms with Crippen LogP contribution in [0.4, 0.5) is 0 Å². The molecule has 0 atom stereocenters. The minimum atomic E-state index is 0. The first-order valence-corrected chi connectivity index (χ1v) is 3.75. The molecule has 0 saturated carbocycles. The Bertz CT molecular complexity index is 236. The maximum Gasteiger partial charge on any atom is 0.241 e. The van der Waals surface area contributed by atoms with Gasteiger partial charge in [0.2, 0.25) is 7.28 Å². The molecule has 0 aromatic heterocycles. The van der Waals surface area contributed by atoms with Crippen molar-refractivity contribution < 1.29 is 15.7 Å². The molecule has 0 amide bonds. The summed E-state index contributed by atoms with van der Waals surface area (Å²) in [6.07, 6.45) is 0.578. The van der Waals surface area contributed by atoms with E-state index in [1.54, 1.807) is 7.28 Å². The molecule has 0 aliphatic heterocycles. The number of benzene rings is 1. The lowest BCUT2D eigenvalue weighted by Gasteiger charge is -1.94. The molecule has 1 aromatic carbocycles. The van der Waals surface area contributed by atoms with Gasteiger partial charge < -0.3 is 15.7 Å². The van der Waals surface area contributed by atoms with Gasteiger partial charge in [-0.2, -0.15) is 0 Å². The molecule has 0 fully saturated rings. The van der Waals surface area contributed by atoms with Crippen molar-refractivity contribution in [2.45, 2.75) is 13.3 Å². The van der Waals surface area contributed by atoms with E-state index in [-0.39, 0.29) is 16.6 Å². The molecule has 0 unspecified atom stereocenters. The van der Waals surface area contributed by atoms with Gasteiger partial charge >= 0.3 is 0 Å². The van der Waals surface area contributed by atoms with Crippen LogP contribution in [-0.4, -0.2) is 23.9 Å². The standard InChI is InChI=1S/C9H10BO.2H2O/c1-2-9(11)10-8-6-4-3-5-7-8;;/h3-7H,2H2,1H3;2*1H2. The van der Waals surface area contributed by atoms with Crippen LogP contribution in [-0.2, 0) is 4.79 Å². The highest BCUT2D eigenvalue weighted by Crippen LogP contribution is 1.83. The molecule has 0 bridgehead atoms. The third-order valence-corrected chi connectivity index (χ3v) is 1.48. The van der Waals surface area contributed by atoms with Crippen molar-refractivity contribution in [2.75, 3.05) is 0 Å². The van der Waals surface area contributed by atoms with Gasteiger partial charge in [-0.3, -0.25) is 0 Å². The Labute approximate surface area is 78.6 Å². The minimum Gasteiger partial charge on any atom is -0.412 e. The molecule has 4 heteroatoms. The molecular formula is C9H14BO3. The molecule has 0 saturated heterocycles. The minimum absolute atomic E-state index is 0. The molecule has 3 nitrogen and oxygen atoms in total. The van der Waals surface area contributed by atoms with Crippen molar-refractivity contribution in [3.05, 3.63) is 30.3 Å². The van der Waals surface area contributed by atoms with Crippen molar-refractivity contribution in [3.8, 4) is 0 Å². The lowest BCUT2D eigenvalue weighted by atomic mass is 9.65. The smallest absolute Gasteiger partial charge is 0.241 e. The predicted molar refractivity (Wildman–Crippen MR) is 54.4 cm³/mol. The molecule has 0 aliphatic carbocycles. The number of carbonyl (C=O) groups is 1. The maximum absolute atomic E-state index is 10.9. The van der Waals surface area contributed by atoms with E-state index in [4.69, 9.17) is 0 Å². The fourth-order valence-corrected chi connectivity index (χ4v) is 0.837. The highest BCUT2D eigenvalue weighted by Gasteiger charge is 2.01. The van der Waals surface area contributed by atoms with Crippen LogP contribution >= 0.6 is 0 Å². The van der Waals surface area contributed by atoms with Crippen molar-refractivity contribution in [3.63, 3.8) is 0 Å². The van der Waals surface area contributed by atoms with E-state index in [0.717, 1.165) is 5.46 Å². The summed E-state index contributed by atoms with van der Waals surface area (Å²) in [7, 11) is 1.67. The Kier molecular flexibility index (Phi) is 8.33. The van der Waals surface area contributed by atoms with E-state index in [1.807, 2.05) is 37.3 Å². The van der Waals surface area contributed by atoms with Gasteiger partial charge in [-0.1, -0.05) is 42.7 Å². The Morgan fingerprint density at radius 1 is 1.23 bits per heavy atom. The van der Waals surface area contributed by atoms with Gasteiger partial charge in [0.15, 0.2) is 0 Å². The molecule has 0 aliphatic rings. The largest absolute Gasteiger partial charge is 0.412 e. The summed E-state index contributed by atoms with van der Waals surface area (Å²) in [5, 5.41) is 0. The Morgan fingerprint density at radius 3 is 2.23 bits per heavy atom. The molecular weight excluding hydrogens is 167 g/mol. The highest BCUT2D eigenvalue weighted by molar-refractivity contribution is 6.84. The average molecular weight is 181 g/mol. The topological polar surface area (TPSA) is 80.1 Å². The molecule has 0 heterocycles. The quantitative estimate of drug-likeness (QED) is 0.568. The fraction of sp³-hybridized carbons (Fsp3) is 0.222. The predicted octanol–water partition coefficient (Wildman–Crippen LogP) is -0.697. The van der Waals surface area contributed by atoms with Gasteiger partial charge in [-0.05, 0) is 6.42 Å². The monoisotopic (exact) mass is 181 g/mol. The first kappa shape index (κ1) is 14.4. The zero-order valence-electron chi connectivity index (χ0n) is 7.58. The van der Waals surface area contributed by atoms with E-state index in [2.05, 4.69) is 0 Å². The van der Waals surface area contributed by atoms with Gasteiger partial charge in [-0.15, -0.1) is 0 Å². The van der Waals surface area contributed by atoms with E-state index in [1.165, 1.54) is 0 Å². The van der Waals surface area contributed by atoms with Gasteiger partial charge in [0, 0.05) is 0 Å². The van der Waals surface area contributed by atoms with Crippen LogP contribution in [0.3, 0.4) is 0 Å². The Hall–Kier alpha value is -1.13. The summed E-state index contributed by atoms with van der Waals surface area (Å²) in [5.41, 5.74) is 1.16. The van der Waals surface area contributed by atoms with Gasteiger partial charge in [0.1, 0.15) is 0 Å². The number of rotatable bonds is 3.